The van der Waals surface area contributed by atoms with Crippen molar-refractivity contribution >= 4 is 21.6 Å². The third kappa shape index (κ3) is 5.54. The second kappa shape index (κ2) is 10.1. The van der Waals surface area contributed by atoms with E-state index in [0.29, 0.717) is 30.8 Å². The Balaban J connectivity index is 1.62. The number of ketones is 2. The zero-order valence-corrected chi connectivity index (χ0v) is 20.1. The fourth-order valence-electron chi connectivity index (χ4n) is 4.52. The fourth-order valence-corrected chi connectivity index (χ4v) is 5.63. The Morgan fingerprint density at radius 1 is 1.19 bits per heavy atom. The second-order valence-corrected chi connectivity index (χ2v) is 10.5. The molecule has 0 spiro atoms. The summed E-state index contributed by atoms with van der Waals surface area (Å²) in [4.78, 5) is 30.5. The molecule has 1 fully saturated rings. The Kier molecular flexibility index (Phi) is 7.69. The lowest BCUT2D eigenvalue weighted by atomic mass is 9.97. The van der Waals surface area contributed by atoms with Crippen molar-refractivity contribution in [1.29, 1.82) is 0 Å². The molecule has 0 radical (unpaired) electrons. The zero-order chi connectivity index (χ0) is 23.5. The number of aryl methyl sites for hydroxylation is 2. The Hall–Kier alpha value is -2.29. The predicted molar refractivity (Wildman–Crippen MR) is 125 cm³/mol. The Labute approximate surface area is 190 Å². The summed E-state index contributed by atoms with van der Waals surface area (Å²) >= 11 is 0. The van der Waals surface area contributed by atoms with Gasteiger partial charge in [-0.05, 0) is 70.2 Å². The summed E-state index contributed by atoms with van der Waals surface area (Å²) < 4.78 is 27.9. The van der Waals surface area contributed by atoms with E-state index in [0.717, 1.165) is 36.2 Å². The number of hydrogen-bond donors (Lipinski definition) is 2. The van der Waals surface area contributed by atoms with Gasteiger partial charge in [0, 0.05) is 24.3 Å². The summed E-state index contributed by atoms with van der Waals surface area (Å²) in [5.41, 5.74) is 3.69. The first kappa shape index (κ1) is 24.4. The molecular weight excluding hydrogens is 426 g/mol. The number of benzene rings is 1. The minimum Gasteiger partial charge on any atom is -0.355 e. The normalized spacial score (nSPS) is 17.4. The van der Waals surface area contributed by atoms with Crippen molar-refractivity contribution in [3.63, 3.8) is 0 Å². The molecule has 0 amide bonds. The van der Waals surface area contributed by atoms with Crippen LogP contribution in [0.4, 0.5) is 0 Å². The molecule has 0 saturated carbocycles. The summed E-state index contributed by atoms with van der Waals surface area (Å²) in [5.74, 6) is 0.0764. The molecule has 1 aliphatic rings. The van der Waals surface area contributed by atoms with Gasteiger partial charge < -0.3 is 4.98 Å². The van der Waals surface area contributed by atoms with Crippen LogP contribution in [0.5, 0.6) is 0 Å². The third-order valence-electron chi connectivity index (χ3n) is 6.14. The summed E-state index contributed by atoms with van der Waals surface area (Å²) in [7, 11) is -3.55. The third-order valence-corrected chi connectivity index (χ3v) is 7.58. The lowest BCUT2D eigenvalue weighted by Crippen LogP contribution is -2.43. The van der Waals surface area contributed by atoms with Crippen molar-refractivity contribution in [3.05, 3.63) is 52.3 Å². The minimum absolute atomic E-state index is 0.0293. The lowest BCUT2D eigenvalue weighted by molar-refractivity contribution is 0.0882. The number of likely N-dealkylation sites (tertiary alicyclic amines) is 1. The van der Waals surface area contributed by atoms with Gasteiger partial charge in [0.15, 0.2) is 11.6 Å². The maximum absolute atomic E-state index is 13.0. The van der Waals surface area contributed by atoms with Gasteiger partial charge in [0.2, 0.25) is 10.0 Å². The molecular formula is C24H33N3O4S. The van der Waals surface area contributed by atoms with Crippen LogP contribution in [-0.4, -0.2) is 56.0 Å². The minimum atomic E-state index is -3.55. The highest BCUT2D eigenvalue weighted by atomic mass is 32.2. The molecule has 8 heteroatoms. The number of aromatic nitrogens is 1. The molecule has 1 aromatic carbocycles. The van der Waals surface area contributed by atoms with Crippen LogP contribution in [0.25, 0.3) is 0 Å². The predicted octanol–water partition coefficient (Wildman–Crippen LogP) is 3.27. The van der Waals surface area contributed by atoms with E-state index in [1.165, 1.54) is 6.92 Å². The Morgan fingerprint density at radius 3 is 2.50 bits per heavy atom. The molecule has 1 atom stereocenters. The molecule has 32 heavy (non-hydrogen) atoms. The van der Waals surface area contributed by atoms with E-state index in [-0.39, 0.29) is 28.9 Å². The number of aromatic amines is 1. The van der Waals surface area contributed by atoms with Gasteiger partial charge in [-0.1, -0.05) is 24.6 Å². The van der Waals surface area contributed by atoms with E-state index in [4.69, 9.17) is 0 Å². The van der Waals surface area contributed by atoms with E-state index in [1.54, 1.807) is 24.3 Å². The van der Waals surface area contributed by atoms with Crippen molar-refractivity contribution in [2.24, 2.45) is 5.92 Å². The maximum Gasteiger partial charge on any atom is 0.240 e. The van der Waals surface area contributed by atoms with Crippen molar-refractivity contribution in [1.82, 2.24) is 14.6 Å². The van der Waals surface area contributed by atoms with Gasteiger partial charge in [-0.2, -0.15) is 0 Å². The van der Waals surface area contributed by atoms with E-state index in [1.807, 2.05) is 20.8 Å². The van der Waals surface area contributed by atoms with E-state index in [2.05, 4.69) is 14.6 Å². The molecule has 7 nitrogen and oxygen atoms in total. The maximum atomic E-state index is 13.0. The molecule has 1 aliphatic heterocycles. The highest BCUT2D eigenvalue weighted by Crippen LogP contribution is 2.22. The van der Waals surface area contributed by atoms with Crippen LogP contribution in [0.2, 0.25) is 0 Å². The monoisotopic (exact) mass is 459 g/mol. The zero-order valence-electron chi connectivity index (χ0n) is 19.3. The van der Waals surface area contributed by atoms with Crippen LogP contribution in [0.3, 0.4) is 0 Å². The standard InChI is InChI=1S/C24H33N3O4S/c1-5-21-23(18(4)28)17(3)26-24(21)22(29)15-27-12-6-7-19(14-27)13-25-32(30,31)20-10-8-16(2)9-11-20/h8-11,19,25-26H,5-7,12-15H2,1-4H3. The second-order valence-electron chi connectivity index (χ2n) is 8.72. The number of piperidine rings is 1. The van der Waals surface area contributed by atoms with Gasteiger partial charge in [0.25, 0.3) is 0 Å². The lowest BCUT2D eigenvalue weighted by Gasteiger charge is -2.32. The molecule has 174 valence electrons. The number of rotatable bonds is 9. The van der Waals surface area contributed by atoms with Crippen LogP contribution in [0.1, 0.15) is 64.4 Å². The number of H-pyrrole nitrogens is 1. The molecule has 3 rings (SSSR count). The first-order chi connectivity index (χ1) is 15.1. The van der Waals surface area contributed by atoms with Gasteiger partial charge >= 0.3 is 0 Å². The summed E-state index contributed by atoms with van der Waals surface area (Å²) in [6.07, 6.45) is 2.44. The van der Waals surface area contributed by atoms with E-state index < -0.39 is 10.0 Å². The fraction of sp³-hybridized carbons (Fsp3) is 0.500. The molecule has 2 aromatic rings. The number of Topliss-reactive ketones (excluding diaryl/α,β-unsaturated/α-hetero) is 2. The van der Waals surface area contributed by atoms with Gasteiger partial charge in [0.05, 0.1) is 17.1 Å². The number of hydrogen-bond acceptors (Lipinski definition) is 5. The Bertz CT molecular complexity index is 1090. The molecule has 2 heterocycles. The first-order valence-electron chi connectivity index (χ1n) is 11.2. The molecule has 1 aromatic heterocycles. The van der Waals surface area contributed by atoms with Gasteiger partial charge in [-0.25, -0.2) is 13.1 Å². The average Bonchev–Trinajstić information content (AvgIpc) is 3.09. The molecule has 0 aliphatic carbocycles. The number of carbonyl (C=O) groups excluding carboxylic acids is 2. The number of sulfonamides is 1. The Morgan fingerprint density at radius 2 is 1.88 bits per heavy atom. The van der Waals surface area contributed by atoms with Crippen LogP contribution >= 0.6 is 0 Å². The van der Waals surface area contributed by atoms with Crippen LogP contribution in [0, 0.1) is 19.8 Å². The highest BCUT2D eigenvalue weighted by Gasteiger charge is 2.27. The number of nitrogens with zero attached hydrogens (tertiary/aromatic N) is 1. The smallest absolute Gasteiger partial charge is 0.240 e. The quantitative estimate of drug-likeness (QED) is 0.561. The van der Waals surface area contributed by atoms with Gasteiger partial charge in [-0.3, -0.25) is 14.5 Å². The summed E-state index contributed by atoms with van der Waals surface area (Å²) in [5, 5.41) is 0. The van der Waals surface area contributed by atoms with Crippen LogP contribution in [0.15, 0.2) is 29.2 Å². The number of carbonyl (C=O) groups is 2. The largest absolute Gasteiger partial charge is 0.355 e. The van der Waals surface area contributed by atoms with Crippen molar-refractivity contribution in [2.75, 3.05) is 26.2 Å². The first-order valence-corrected chi connectivity index (χ1v) is 12.6. The van der Waals surface area contributed by atoms with Crippen LogP contribution in [-0.2, 0) is 16.4 Å². The van der Waals surface area contributed by atoms with Crippen molar-refractivity contribution in [3.8, 4) is 0 Å². The topological polar surface area (TPSA) is 99.3 Å². The van der Waals surface area contributed by atoms with E-state index in [9.17, 15) is 18.0 Å². The van der Waals surface area contributed by atoms with Crippen molar-refractivity contribution < 1.29 is 18.0 Å². The van der Waals surface area contributed by atoms with Crippen molar-refractivity contribution in [2.45, 2.75) is 51.9 Å². The molecule has 1 saturated heterocycles. The SMILES string of the molecule is CCc1c(C(=O)CN2CCCC(CNS(=O)(=O)c3ccc(C)cc3)C2)[nH]c(C)c1C(C)=O. The number of nitrogens with one attached hydrogen (secondary N) is 2. The summed E-state index contributed by atoms with van der Waals surface area (Å²) in [6, 6.07) is 6.80. The van der Waals surface area contributed by atoms with Gasteiger partial charge in [-0.15, -0.1) is 0 Å². The molecule has 2 N–H and O–H groups in total. The molecule has 0 bridgehead atoms. The van der Waals surface area contributed by atoms with Crippen LogP contribution < -0.4 is 4.72 Å². The summed E-state index contributed by atoms with van der Waals surface area (Å²) in [6.45, 7) is 9.27. The van der Waals surface area contributed by atoms with Gasteiger partial charge in [0.1, 0.15) is 0 Å². The highest BCUT2D eigenvalue weighted by molar-refractivity contribution is 7.89. The average molecular weight is 460 g/mol. The van der Waals surface area contributed by atoms with E-state index >= 15 is 0 Å². The molecule has 1 unspecified atom stereocenters.